The lowest BCUT2D eigenvalue weighted by Crippen LogP contribution is -2.10. The van der Waals surface area contributed by atoms with Crippen LogP contribution in [-0.4, -0.2) is 12.5 Å². The first-order chi connectivity index (χ1) is 13.3. The number of amides is 1. The molecule has 1 amide bonds. The molecule has 0 aliphatic heterocycles. The highest BCUT2D eigenvalue weighted by molar-refractivity contribution is 6.05. The van der Waals surface area contributed by atoms with E-state index >= 15 is 0 Å². The molecule has 0 aliphatic rings. The zero-order valence-corrected chi connectivity index (χ0v) is 16.2. The highest BCUT2D eigenvalue weighted by atomic mass is 19.1. The SMILES string of the molecule is CCOc1c(/C(C)=C/C(=O)Nc2ccc(F)cc2F)cc2c(C)coc2c1C. The van der Waals surface area contributed by atoms with E-state index in [1.165, 1.54) is 12.1 Å². The van der Waals surface area contributed by atoms with Crippen LogP contribution in [0.25, 0.3) is 16.5 Å². The molecule has 6 heteroatoms. The van der Waals surface area contributed by atoms with E-state index in [1.54, 1.807) is 13.2 Å². The summed E-state index contributed by atoms with van der Waals surface area (Å²) in [6, 6.07) is 4.91. The van der Waals surface area contributed by atoms with Gasteiger partial charge in [-0.3, -0.25) is 4.79 Å². The van der Waals surface area contributed by atoms with Gasteiger partial charge in [-0.25, -0.2) is 8.78 Å². The van der Waals surface area contributed by atoms with E-state index in [-0.39, 0.29) is 5.69 Å². The molecule has 3 rings (SSSR count). The number of hydrogen-bond acceptors (Lipinski definition) is 3. The lowest BCUT2D eigenvalue weighted by atomic mass is 9.98. The Morgan fingerprint density at radius 1 is 1.25 bits per heavy atom. The number of aryl methyl sites for hydroxylation is 2. The van der Waals surface area contributed by atoms with Crippen LogP contribution in [0.15, 0.2) is 41.0 Å². The summed E-state index contributed by atoms with van der Waals surface area (Å²) < 4.78 is 38.2. The zero-order chi connectivity index (χ0) is 20.4. The van der Waals surface area contributed by atoms with Gasteiger partial charge >= 0.3 is 0 Å². The van der Waals surface area contributed by atoms with E-state index in [0.717, 1.165) is 39.8 Å². The Kier molecular flexibility index (Phi) is 5.49. The van der Waals surface area contributed by atoms with Gasteiger partial charge in [-0.2, -0.15) is 0 Å². The Morgan fingerprint density at radius 2 is 2.00 bits per heavy atom. The molecule has 28 heavy (non-hydrogen) atoms. The average Bonchev–Trinajstić information content (AvgIpc) is 3.01. The van der Waals surface area contributed by atoms with Gasteiger partial charge in [0.25, 0.3) is 0 Å². The minimum Gasteiger partial charge on any atom is -0.493 e. The number of hydrogen-bond donors (Lipinski definition) is 1. The van der Waals surface area contributed by atoms with Crippen molar-refractivity contribution in [3.63, 3.8) is 0 Å². The lowest BCUT2D eigenvalue weighted by molar-refractivity contribution is -0.111. The molecule has 0 aliphatic carbocycles. The minimum atomic E-state index is -0.833. The number of benzene rings is 2. The molecule has 0 radical (unpaired) electrons. The topological polar surface area (TPSA) is 51.5 Å². The predicted molar refractivity (Wildman–Crippen MR) is 105 cm³/mol. The third-order valence-electron chi connectivity index (χ3n) is 4.49. The van der Waals surface area contributed by atoms with Crippen LogP contribution in [0.2, 0.25) is 0 Å². The van der Waals surface area contributed by atoms with Gasteiger partial charge < -0.3 is 14.5 Å². The van der Waals surface area contributed by atoms with Crippen molar-refractivity contribution in [2.24, 2.45) is 0 Å². The molecule has 1 heterocycles. The normalized spacial score (nSPS) is 11.7. The highest BCUT2D eigenvalue weighted by Crippen LogP contribution is 2.37. The molecule has 0 atom stereocenters. The number of carbonyl (C=O) groups is 1. The molecule has 4 nitrogen and oxygen atoms in total. The van der Waals surface area contributed by atoms with Crippen molar-refractivity contribution < 1.29 is 22.7 Å². The number of carbonyl (C=O) groups excluding carboxylic acids is 1. The Labute approximate surface area is 161 Å². The van der Waals surface area contributed by atoms with Gasteiger partial charge in [0.1, 0.15) is 23.0 Å². The molecule has 1 aromatic heterocycles. The zero-order valence-electron chi connectivity index (χ0n) is 16.2. The summed E-state index contributed by atoms with van der Waals surface area (Å²) in [7, 11) is 0. The molecular formula is C22H21F2NO3. The molecule has 2 aromatic carbocycles. The molecule has 146 valence electrons. The number of rotatable bonds is 5. The number of ether oxygens (including phenoxy) is 1. The summed E-state index contributed by atoms with van der Waals surface area (Å²) in [5, 5.41) is 3.37. The fraction of sp³-hybridized carbons (Fsp3) is 0.227. The number of nitrogens with one attached hydrogen (secondary N) is 1. The van der Waals surface area contributed by atoms with Crippen molar-refractivity contribution in [2.45, 2.75) is 27.7 Å². The fourth-order valence-corrected chi connectivity index (χ4v) is 3.10. The van der Waals surface area contributed by atoms with Gasteiger partial charge in [0.05, 0.1) is 18.6 Å². The molecule has 0 saturated heterocycles. The summed E-state index contributed by atoms with van der Waals surface area (Å²) in [6.45, 7) is 7.96. The molecule has 0 unspecified atom stereocenters. The van der Waals surface area contributed by atoms with Gasteiger partial charge in [0, 0.05) is 28.7 Å². The van der Waals surface area contributed by atoms with Crippen molar-refractivity contribution in [1.29, 1.82) is 0 Å². The van der Waals surface area contributed by atoms with Crippen molar-refractivity contribution in [3.8, 4) is 5.75 Å². The molecule has 1 N–H and O–H groups in total. The van der Waals surface area contributed by atoms with Crippen molar-refractivity contribution in [3.05, 3.63) is 64.9 Å². The Morgan fingerprint density at radius 3 is 2.68 bits per heavy atom. The van der Waals surface area contributed by atoms with Crippen molar-refractivity contribution in [1.82, 2.24) is 0 Å². The van der Waals surface area contributed by atoms with Crippen LogP contribution in [0.1, 0.15) is 30.5 Å². The third-order valence-corrected chi connectivity index (χ3v) is 4.49. The van der Waals surface area contributed by atoms with Crippen LogP contribution in [0, 0.1) is 25.5 Å². The van der Waals surface area contributed by atoms with Crippen LogP contribution in [-0.2, 0) is 4.79 Å². The Hall–Kier alpha value is -3.15. The maximum Gasteiger partial charge on any atom is 0.248 e. The first-order valence-corrected chi connectivity index (χ1v) is 8.90. The molecule has 3 aromatic rings. The highest BCUT2D eigenvalue weighted by Gasteiger charge is 2.17. The second-order valence-corrected chi connectivity index (χ2v) is 6.55. The van der Waals surface area contributed by atoms with E-state index in [2.05, 4.69) is 5.32 Å². The maximum atomic E-state index is 13.8. The van der Waals surface area contributed by atoms with Crippen LogP contribution in [0.4, 0.5) is 14.5 Å². The summed E-state index contributed by atoms with van der Waals surface area (Å²) in [5.74, 6) is -1.42. The quantitative estimate of drug-likeness (QED) is 0.568. The second kappa shape index (κ2) is 7.84. The molecule has 0 fully saturated rings. The van der Waals surface area contributed by atoms with Gasteiger partial charge in [-0.15, -0.1) is 0 Å². The van der Waals surface area contributed by atoms with Crippen LogP contribution in [0.5, 0.6) is 5.75 Å². The van der Waals surface area contributed by atoms with E-state index in [0.29, 0.717) is 17.9 Å². The smallest absolute Gasteiger partial charge is 0.248 e. The number of halogens is 2. The molecule has 0 saturated carbocycles. The first kappa shape index (κ1) is 19.6. The second-order valence-electron chi connectivity index (χ2n) is 6.55. The third kappa shape index (κ3) is 3.76. The summed E-state index contributed by atoms with van der Waals surface area (Å²) in [6.07, 6.45) is 3.04. The lowest BCUT2D eigenvalue weighted by Gasteiger charge is -2.14. The number of furan rings is 1. The van der Waals surface area contributed by atoms with E-state index in [9.17, 15) is 13.6 Å². The van der Waals surface area contributed by atoms with E-state index in [4.69, 9.17) is 9.15 Å². The Bertz CT molecular complexity index is 1080. The fourth-order valence-electron chi connectivity index (χ4n) is 3.10. The van der Waals surface area contributed by atoms with Crippen LogP contribution in [0.3, 0.4) is 0 Å². The van der Waals surface area contributed by atoms with Gasteiger partial charge in [-0.05, 0) is 57.0 Å². The first-order valence-electron chi connectivity index (χ1n) is 8.90. The Balaban J connectivity index is 1.99. The summed E-state index contributed by atoms with van der Waals surface area (Å²) >= 11 is 0. The number of allylic oxidation sites excluding steroid dienone is 1. The van der Waals surface area contributed by atoms with Crippen molar-refractivity contribution >= 4 is 28.1 Å². The molecule has 0 bridgehead atoms. The number of anilines is 1. The average molecular weight is 385 g/mol. The minimum absolute atomic E-state index is 0.0854. The summed E-state index contributed by atoms with van der Waals surface area (Å²) in [5.41, 5.74) is 3.89. The molecule has 0 spiro atoms. The van der Waals surface area contributed by atoms with Gasteiger partial charge in [0.15, 0.2) is 0 Å². The summed E-state index contributed by atoms with van der Waals surface area (Å²) in [4.78, 5) is 12.4. The molecular weight excluding hydrogens is 364 g/mol. The predicted octanol–water partition coefficient (Wildman–Crippen LogP) is 5.77. The standard InChI is InChI=1S/C22H21F2NO3/c1-5-27-21-14(4)22-17(13(3)11-28-22)10-16(21)12(2)8-20(26)25-19-7-6-15(23)9-18(19)24/h6-11H,5H2,1-4H3,(H,25,26)/b12-8+. The monoisotopic (exact) mass is 385 g/mol. The van der Waals surface area contributed by atoms with Crippen LogP contribution < -0.4 is 10.1 Å². The van der Waals surface area contributed by atoms with Crippen LogP contribution >= 0.6 is 0 Å². The largest absolute Gasteiger partial charge is 0.493 e. The van der Waals surface area contributed by atoms with Gasteiger partial charge in [0.2, 0.25) is 5.91 Å². The number of fused-ring (bicyclic) bond motifs is 1. The van der Waals surface area contributed by atoms with Crippen molar-refractivity contribution in [2.75, 3.05) is 11.9 Å². The maximum absolute atomic E-state index is 13.8. The van der Waals surface area contributed by atoms with Gasteiger partial charge in [-0.1, -0.05) is 0 Å². The van der Waals surface area contributed by atoms with E-state index in [1.807, 2.05) is 26.8 Å². The van der Waals surface area contributed by atoms with E-state index < -0.39 is 17.5 Å².